The van der Waals surface area contributed by atoms with E-state index in [1.54, 1.807) is 13.8 Å². The molecule has 13 heteroatoms. The maximum atomic E-state index is 12.6. The SMILES string of the molecule is CCOP(=O)(CC(OC)On1cnc2c(Cl)nc(NC=O)nc21)OCC. The number of nitrogens with zero attached hydrogens (tertiary/aromatic N) is 4. The molecule has 2 heterocycles. The molecule has 0 saturated heterocycles. The average molecular weight is 408 g/mol. The molecule has 0 radical (unpaired) electrons. The van der Waals surface area contributed by atoms with E-state index >= 15 is 0 Å². The Labute approximate surface area is 154 Å². The first-order valence-electron chi connectivity index (χ1n) is 7.65. The van der Waals surface area contributed by atoms with Crippen molar-refractivity contribution < 1.29 is 28.0 Å². The van der Waals surface area contributed by atoms with Crippen LogP contribution in [0, 0.1) is 0 Å². The molecule has 0 saturated carbocycles. The molecule has 0 spiro atoms. The summed E-state index contributed by atoms with van der Waals surface area (Å²) in [5, 5.41) is 2.33. The third-order valence-corrected chi connectivity index (χ3v) is 5.34. The summed E-state index contributed by atoms with van der Waals surface area (Å²) in [5.41, 5.74) is 0.454. The van der Waals surface area contributed by atoms with Crippen LogP contribution in [-0.2, 0) is 23.1 Å². The molecule has 1 amide bonds. The minimum Gasteiger partial charge on any atom is -0.378 e. The van der Waals surface area contributed by atoms with Crippen LogP contribution < -0.4 is 10.2 Å². The highest BCUT2D eigenvalue weighted by Crippen LogP contribution is 2.48. The van der Waals surface area contributed by atoms with Crippen molar-refractivity contribution in [3.05, 3.63) is 11.5 Å². The molecule has 0 aliphatic carbocycles. The van der Waals surface area contributed by atoms with Crippen LogP contribution in [-0.4, -0.2) is 58.9 Å². The number of methoxy groups -OCH3 is 1. The molecule has 1 atom stereocenters. The third kappa shape index (κ3) is 4.89. The number of carbonyl (C=O) groups excluding carboxylic acids is 1. The van der Waals surface area contributed by atoms with E-state index in [2.05, 4.69) is 20.3 Å². The van der Waals surface area contributed by atoms with Crippen molar-refractivity contribution in [2.24, 2.45) is 0 Å². The number of imidazole rings is 1. The lowest BCUT2D eigenvalue weighted by atomic mass is 10.5. The minimum atomic E-state index is -3.40. The molecular weight excluding hydrogens is 389 g/mol. The Bertz CT molecular complexity index is 793. The molecular formula is C13H19ClN5O6P. The molecule has 2 aromatic rings. The molecule has 2 aromatic heterocycles. The lowest BCUT2D eigenvalue weighted by Gasteiger charge is -2.22. The van der Waals surface area contributed by atoms with Crippen molar-refractivity contribution in [1.29, 1.82) is 0 Å². The number of anilines is 1. The van der Waals surface area contributed by atoms with E-state index in [1.165, 1.54) is 18.2 Å². The van der Waals surface area contributed by atoms with E-state index in [-0.39, 0.29) is 41.6 Å². The molecule has 0 aliphatic heterocycles. The molecule has 1 N–H and O–H groups in total. The van der Waals surface area contributed by atoms with Crippen molar-refractivity contribution in [1.82, 2.24) is 19.7 Å². The summed E-state index contributed by atoms with van der Waals surface area (Å²) in [5.74, 6) is -0.0221. The zero-order valence-corrected chi connectivity index (χ0v) is 16.1. The van der Waals surface area contributed by atoms with Gasteiger partial charge in [-0.25, -0.2) is 4.98 Å². The quantitative estimate of drug-likeness (QED) is 0.256. The van der Waals surface area contributed by atoms with Crippen LogP contribution in [0.5, 0.6) is 0 Å². The van der Waals surface area contributed by atoms with Gasteiger partial charge in [-0.1, -0.05) is 11.6 Å². The number of ether oxygens (including phenoxy) is 1. The van der Waals surface area contributed by atoms with E-state index in [1.807, 2.05) is 0 Å². The van der Waals surface area contributed by atoms with Crippen LogP contribution in [0.3, 0.4) is 0 Å². The van der Waals surface area contributed by atoms with Gasteiger partial charge in [0.15, 0.2) is 5.15 Å². The number of hydrogen-bond acceptors (Lipinski definition) is 9. The van der Waals surface area contributed by atoms with Gasteiger partial charge in [0.1, 0.15) is 18.0 Å². The zero-order valence-electron chi connectivity index (χ0n) is 14.4. The van der Waals surface area contributed by atoms with Crippen LogP contribution in [0.2, 0.25) is 5.15 Å². The number of nitrogens with one attached hydrogen (secondary N) is 1. The summed E-state index contributed by atoms with van der Waals surface area (Å²) in [6, 6.07) is 0. The second kappa shape index (κ2) is 9.24. The Morgan fingerprint density at radius 3 is 2.62 bits per heavy atom. The van der Waals surface area contributed by atoms with E-state index in [4.69, 9.17) is 30.2 Å². The largest absolute Gasteiger partial charge is 0.378 e. The zero-order chi connectivity index (χ0) is 19.2. The van der Waals surface area contributed by atoms with Crippen LogP contribution in [0.15, 0.2) is 6.33 Å². The summed E-state index contributed by atoms with van der Waals surface area (Å²) in [7, 11) is -2.02. The van der Waals surface area contributed by atoms with Crippen molar-refractivity contribution >= 4 is 42.7 Å². The number of aromatic nitrogens is 4. The maximum Gasteiger partial charge on any atom is 0.337 e. The summed E-state index contributed by atoms with van der Waals surface area (Å²) in [4.78, 5) is 28.2. The summed E-state index contributed by atoms with van der Waals surface area (Å²) < 4.78 is 29.5. The highest BCUT2D eigenvalue weighted by molar-refractivity contribution is 7.53. The third-order valence-electron chi connectivity index (χ3n) is 3.03. The van der Waals surface area contributed by atoms with E-state index < -0.39 is 13.9 Å². The molecule has 0 bridgehead atoms. The van der Waals surface area contributed by atoms with Crippen LogP contribution >= 0.6 is 19.2 Å². The summed E-state index contributed by atoms with van der Waals surface area (Å²) in [6.45, 7) is 3.84. The maximum absolute atomic E-state index is 12.6. The van der Waals surface area contributed by atoms with Gasteiger partial charge in [0.05, 0.1) is 13.2 Å². The first kappa shape index (κ1) is 20.5. The topological polar surface area (TPSA) is 127 Å². The molecule has 144 valence electrons. The standard InChI is InChI=1S/C13H19ClN5O6P/c1-4-23-26(21,24-5-2)6-9(22-3)25-19-7-15-10-11(14)17-13(16-8-20)18-12(10)19/h7-9H,4-6H2,1-3H3,(H,16,17,18,20). The number of rotatable bonds is 11. The monoisotopic (exact) mass is 407 g/mol. The van der Waals surface area contributed by atoms with E-state index in [0.29, 0.717) is 6.41 Å². The first-order chi connectivity index (χ1) is 12.5. The fourth-order valence-corrected chi connectivity index (χ4v) is 3.90. The van der Waals surface area contributed by atoms with Crippen molar-refractivity contribution in [3.8, 4) is 0 Å². The molecule has 0 aliphatic rings. The predicted molar refractivity (Wildman–Crippen MR) is 93.1 cm³/mol. The number of fused-ring (bicyclic) bond motifs is 1. The number of carbonyl (C=O) groups is 1. The highest BCUT2D eigenvalue weighted by Gasteiger charge is 2.31. The minimum absolute atomic E-state index is 0.0221. The second-order valence-electron chi connectivity index (χ2n) is 4.74. The van der Waals surface area contributed by atoms with Crippen molar-refractivity contribution in [2.75, 3.05) is 31.8 Å². The van der Waals surface area contributed by atoms with Crippen LogP contribution in [0.25, 0.3) is 11.2 Å². The van der Waals surface area contributed by atoms with Crippen LogP contribution in [0.4, 0.5) is 5.95 Å². The van der Waals surface area contributed by atoms with Crippen molar-refractivity contribution in [3.63, 3.8) is 0 Å². The Kier molecular flexibility index (Phi) is 7.30. The normalized spacial score (nSPS) is 12.9. The van der Waals surface area contributed by atoms with Gasteiger partial charge in [-0.3, -0.25) is 14.7 Å². The molecule has 0 aromatic carbocycles. The van der Waals surface area contributed by atoms with Gasteiger partial charge in [-0.2, -0.15) is 9.97 Å². The Balaban J connectivity index is 2.27. The fraction of sp³-hybridized carbons (Fsp3) is 0.538. The molecule has 1 unspecified atom stereocenters. The molecule has 0 fully saturated rings. The van der Waals surface area contributed by atoms with Gasteiger partial charge in [-0.15, -0.1) is 4.73 Å². The lowest BCUT2D eigenvalue weighted by Crippen LogP contribution is -2.31. The highest BCUT2D eigenvalue weighted by atomic mass is 35.5. The predicted octanol–water partition coefficient (Wildman–Crippen LogP) is 1.72. The summed E-state index contributed by atoms with van der Waals surface area (Å²) >= 11 is 6.02. The van der Waals surface area contributed by atoms with Crippen LogP contribution in [0.1, 0.15) is 13.8 Å². The number of hydrogen-bond donors (Lipinski definition) is 1. The Morgan fingerprint density at radius 1 is 1.35 bits per heavy atom. The Morgan fingerprint density at radius 2 is 2.04 bits per heavy atom. The molecule has 26 heavy (non-hydrogen) atoms. The van der Waals surface area contributed by atoms with Gasteiger partial charge in [-0.05, 0) is 13.8 Å². The first-order valence-corrected chi connectivity index (χ1v) is 9.75. The van der Waals surface area contributed by atoms with Gasteiger partial charge in [0.2, 0.25) is 24.3 Å². The van der Waals surface area contributed by atoms with Gasteiger partial charge in [0.25, 0.3) is 0 Å². The van der Waals surface area contributed by atoms with Gasteiger partial charge in [0, 0.05) is 7.11 Å². The lowest BCUT2D eigenvalue weighted by molar-refractivity contribution is -0.112. The second-order valence-corrected chi connectivity index (χ2v) is 7.20. The van der Waals surface area contributed by atoms with E-state index in [0.717, 1.165) is 0 Å². The number of halogens is 1. The van der Waals surface area contributed by atoms with Crippen molar-refractivity contribution in [2.45, 2.75) is 20.1 Å². The fourth-order valence-electron chi connectivity index (χ4n) is 2.04. The Hall–Kier alpha value is -1.78. The average Bonchev–Trinajstić information content (AvgIpc) is 2.98. The molecule has 2 rings (SSSR count). The number of amides is 1. The summed E-state index contributed by atoms with van der Waals surface area (Å²) in [6.07, 6.45) is 0.585. The van der Waals surface area contributed by atoms with E-state index in [9.17, 15) is 9.36 Å². The smallest absolute Gasteiger partial charge is 0.337 e. The van der Waals surface area contributed by atoms with Gasteiger partial charge < -0.3 is 18.6 Å². The molecule has 11 nitrogen and oxygen atoms in total. The van der Waals surface area contributed by atoms with Gasteiger partial charge >= 0.3 is 7.60 Å².